The number of thioether (sulfide) groups is 1. The van der Waals surface area contributed by atoms with Gasteiger partial charge in [-0.25, -0.2) is 4.98 Å². The number of hydrogen-bond acceptors (Lipinski definition) is 5. The Labute approximate surface area is 103 Å². The lowest BCUT2D eigenvalue weighted by molar-refractivity contribution is 0.199. The molecule has 0 bridgehead atoms. The molecule has 0 aliphatic carbocycles. The first-order chi connectivity index (χ1) is 7.79. The Morgan fingerprint density at radius 2 is 2.31 bits per heavy atom. The molecule has 1 unspecified atom stereocenters. The van der Waals surface area contributed by atoms with Crippen molar-refractivity contribution >= 4 is 33.3 Å². The van der Waals surface area contributed by atoms with Crippen molar-refractivity contribution in [2.75, 3.05) is 19.3 Å². The van der Waals surface area contributed by atoms with E-state index in [1.807, 2.05) is 25.2 Å². The number of benzene rings is 1. The van der Waals surface area contributed by atoms with Crippen molar-refractivity contribution in [3.63, 3.8) is 0 Å². The average Bonchev–Trinajstić information content (AvgIpc) is 2.69. The molecule has 0 aliphatic heterocycles. The zero-order chi connectivity index (χ0) is 11.4. The molecule has 5 heteroatoms. The maximum Gasteiger partial charge on any atom is 0.151 e. The fourth-order valence-corrected chi connectivity index (χ4v) is 3.40. The molecule has 1 atom stereocenters. The second-order valence-electron chi connectivity index (χ2n) is 3.47. The molecule has 0 amide bonds. The van der Waals surface area contributed by atoms with Gasteiger partial charge in [0.15, 0.2) is 4.34 Å². The van der Waals surface area contributed by atoms with Crippen LogP contribution in [0.2, 0.25) is 0 Å². The van der Waals surface area contributed by atoms with Crippen LogP contribution in [0.1, 0.15) is 0 Å². The molecule has 1 aromatic heterocycles. The fourth-order valence-electron chi connectivity index (χ4n) is 1.37. The highest BCUT2D eigenvalue weighted by Crippen LogP contribution is 2.29. The lowest BCUT2D eigenvalue weighted by atomic mass is 10.3. The van der Waals surface area contributed by atoms with Crippen molar-refractivity contribution in [2.24, 2.45) is 0 Å². The van der Waals surface area contributed by atoms with Gasteiger partial charge in [0.25, 0.3) is 0 Å². The van der Waals surface area contributed by atoms with E-state index in [1.54, 1.807) is 23.1 Å². The van der Waals surface area contributed by atoms with Gasteiger partial charge in [0.1, 0.15) is 0 Å². The molecule has 0 saturated carbocycles. The van der Waals surface area contributed by atoms with Crippen LogP contribution < -0.4 is 5.32 Å². The molecular formula is C11H14N2OS2. The topological polar surface area (TPSA) is 45.1 Å². The van der Waals surface area contributed by atoms with Crippen LogP contribution in [0.4, 0.5) is 0 Å². The third-order valence-electron chi connectivity index (χ3n) is 2.11. The van der Waals surface area contributed by atoms with Gasteiger partial charge in [0.2, 0.25) is 0 Å². The van der Waals surface area contributed by atoms with E-state index in [0.29, 0.717) is 12.3 Å². The Morgan fingerprint density at radius 1 is 1.50 bits per heavy atom. The number of thiazole rings is 1. The normalized spacial score (nSPS) is 13.1. The zero-order valence-electron chi connectivity index (χ0n) is 9.01. The third kappa shape index (κ3) is 2.95. The van der Waals surface area contributed by atoms with Crippen LogP contribution in [0, 0.1) is 0 Å². The highest BCUT2D eigenvalue weighted by molar-refractivity contribution is 8.01. The molecule has 0 spiro atoms. The molecule has 86 valence electrons. The van der Waals surface area contributed by atoms with Gasteiger partial charge < -0.3 is 10.4 Å². The molecule has 16 heavy (non-hydrogen) atoms. The van der Waals surface area contributed by atoms with Crippen LogP contribution in [0.5, 0.6) is 0 Å². The minimum Gasteiger partial charge on any atom is -0.391 e. The number of fused-ring (bicyclic) bond motifs is 1. The van der Waals surface area contributed by atoms with E-state index in [9.17, 15) is 5.11 Å². The van der Waals surface area contributed by atoms with Gasteiger partial charge >= 0.3 is 0 Å². The largest absolute Gasteiger partial charge is 0.391 e. The summed E-state index contributed by atoms with van der Waals surface area (Å²) in [6.07, 6.45) is -0.318. The summed E-state index contributed by atoms with van der Waals surface area (Å²) in [5, 5.41) is 12.5. The highest BCUT2D eigenvalue weighted by Gasteiger charge is 2.07. The number of nitrogens with zero attached hydrogens (tertiary/aromatic N) is 1. The van der Waals surface area contributed by atoms with Crippen molar-refractivity contribution in [1.29, 1.82) is 0 Å². The molecule has 1 aromatic carbocycles. The molecule has 0 fully saturated rings. The molecule has 2 aromatic rings. The number of aromatic nitrogens is 1. The van der Waals surface area contributed by atoms with E-state index in [1.165, 1.54) is 4.70 Å². The summed E-state index contributed by atoms with van der Waals surface area (Å²) < 4.78 is 2.23. The summed E-state index contributed by atoms with van der Waals surface area (Å²) in [4.78, 5) is 4.49. The smallest absolute Gasteiger partial charge is 0.151 e. The number of nitrogens with one attached hydrogen (secondary N) is 1. The van der Waals surface area contributed by atoms with Gasteiger partial charge in [0, 0.05) is 12.3 Å². The quantitative estimate of drug-likeness (QED) is 0.801. The summed E-state index contributed by atoms with van der Waals surface area (Å²) in [6.45, 7) is 0.623. The molecule has 2 rings (SSSR count). The van der Waals surface area contributed by atoms with Gasteiger partial charge in [-0.1, -0.05) is 23.9 Å². The first-order valence-electron chi connectivity index (χ1n) is 5.10. The Bertz CT molecular complexity index is 425. The SMILES string of the molecule is CNCC(O)CSc1nc2ccccc2s1. The van der Waals surface area contributed by atoms with Crippen LogP contribution in [0.3, 0.4) is 0 Å². The van der Waals surface area contributed by atoms with Crippen LogP contribution in [0.25, 0.3) is 10.2 Å². The van der Waals surface area contributed by atoms with Gasteiger partial charge in [-0.3, -0.25) is 0 Å². The molecule has 1 heterocycles. The average molecular weight is 254 g/mol. The second kappa shape index (κ2) is 5.63. The van der Waals surface area contributed by atoms with Crippen LogP contribution in [-0.4, -0.2) is 35.5 Å². The maximum atomic E-state index is 9.58. The lowest BCUT2D eigenvalue weighted by Gasteiger charge is -2.06. The highest BCUT2D eigenvalue weighted by atomic mass is 32.2. The molecule has 3 nitrogen and oxygen atoms in total. The van der Waals surface area contributed by atoms with Crippen LogP contribution >= 0.6 is 23.1 Å². The predicted octanol–water partition coefficient (Wildman–Crippen LogP) is 1.97. The van der Waals surface area contributed by atoms with Crippen molar-refractivity contribution in [3.8, 4) is 0 Å². The minimum atomic E-state index is -0.318. The number of hydrogen-bond donors (Lipinski definition) is 2. The molecule has 0 aliphatic rings. The molecule has 2 N–H and O–H groups in total. The van der Waals surface area contributed by atoms with E-state index in [-0.39, 0.29) is 6.10 Å². The minimum absolute atomic E-state index is 0.318. The fraction of sp³-hybridized carbons (Fsp3) is 0.364. The number of para-hydroxylation sites is 1. The van der Waals surface area contributed by atoms with Crippen molar-refractivity contribution in [1.82, 2.24) is 10.3 Å². The van der Waals surface area contributed by atoms with Gasteiger partial charge in [-0.2, -0.15) is 0 Å². The van der Waals surface area contributed by atoms with E-state index >= 15 is 0 Å². The second-order valence-corrected chi connectivity index (χ2v) is 5.77. The molecular weight excluding hydrogens is 240 g/mol. The summed E-state index contributed by atoms with van der Waals surface area (Å²) in [5.74, 6) is 0.681. The summed E-state index contributed by atoms with van der Waals surface area (Å²) >= 11 is 3.29. The Morgan fingerprint density at radius 3 is 3.06 bits per heavy atom. The molecule has 0 radical (unpaired) electrons. The Balaban J connectivity index is 1.99. The number of aliphatic hydroxyl groups excluding tert-OH is 1. The Hall–Kier alpha value is -0.620. The number of rotatable bonds is 5. The number of likely N-dealkylation sites (N-methyl/N-ethyl adjacent to an activating group) is 1. The standard InChI is InChI=1S/C11H14N2OS2/c1-12-6-8(14)7-15-11-13-9-4-2-3-5-10(9)16-11/h2-5,8,12,14H,6-7H2,1H3. The van der Waals surface area contributed by atoms with Crippen molar-refractivity contribution in [2.45, 2.75) is 10.4 Å². The summed E-state index contributed by atoms with van der Waals surface area (Å²) in [6, 6.07) is 8.10. The third-order valence-corrected chi connectivity index (χ3v) is 4.44. The van der Waals surface area contributed by atoms with Crippen LogP contribution in [-0.2, 0) is 0 Å². The van der Waals surface area contributed by atoms with E-state index < -0.39 is 0 Å². The number of aliphatic hydroxyl groups is 1. The monoisotopic (exact) mass is 254 g/mol. The van der Waals surface area contributed by atoms with Gasteiger partial charge in [-0.15, -0.1) is 11.3 Å². The lowest BCUT2D eigenvalue weighted by Crippen LogP contribution is -2.25. The van der Waals surface area contributed by atoms with E-state index in [2.05, 4.69) is 16.4 Å². The molecule has 0 saturated heterocycles. The van der Waals surface area contributed by atoms with E-state index in [4.69, 9.17) is 0 Å². The predicted molar refractivity (Wildman–Crippen MR) is 70.3 cm³/mol. The maximum absolute atomic E-state index is 9.58. The Kier molecular flexibility index (Phi) is 4.17. The van der Waals surface area contributed by atoms with Crippen molar-refractivity contribution in [3.05, 3.63) is 24.3 Å². The first kappa shape index (κ1) is 11.9. The first-order valence-corrected chi connectivity index (χ1v) is 6.91. The van der Waals surface area contributed by atoms with Crippen LogP contribution in [0.15, 0.2) is 28.6 Å². The summed E-state index contributed by atoms with van der Waals surface area (Å²) in [7, 11) is 1.84. The zero-order valence-corrected chi connectivity index (χ0v) is 10.6. The van der Waals surface area contributed by atoms with E-state index in [0.717, 1.165) is 9.86 Å². The van der Waals surface area contributed by atoms with Gasteiger partial charge in [0.05, 0.1) is 16.3 Å². The summed E-state index contributed by atoms with van der Waals surface area (Å²) in [5.41, 5.74) is 1.04. The van der Waals surface area contributed by atoms with Crippen molar-refractivity contribution < 1.29 is 5.11 Å². The van der Waals surface area contributed by atoms with Gasteiger partial charge in [-0.05, 0) is 19.2 Å².